The van der Waals surface area contributed by atoms with Gasteiger partial charge in [-0.15, -0.1) is 0 Å². The van der Waals surface area contributed by atoms with E-state index < -0.39 is 10.0 Å². The molecule has 214 valence electrons. The van der Waals surface area contributed by atoms with E-state index in [0.29, 0.717) is 63.1 Å². The molecule has 2 fully saturated rings. The van der Waals surface area contributed by atoms with Crippen molar-refractivity contribution in [3.8, 4) is 11.4 Å². The summed E-state index contributed by atoms with van der Waals surface area (Å²) < 4.78 is 37.8. The quantitative estimate of drug-likeness (QED) is 0.457. The van der Waals surface area contributed by atoms with Gasteiger partial charge in [0.25, 0.3) is 0 Å². The van der Waals surface area contributed by atoms with Crippen molar-refractivity contribution >= 4 is 21.6 Å². The fourth-order valence-corrected chi connectivity index (χ4v) is 6.40. The summed E-state index contributed by atoms with van der Waals surface area (Å²) in [5.74, 6) is 0.966. The SMILES string of the molecule is CC(C)(C)c1ccc(-c2noc(CN3CCC(C(=O)Nc4ccc(S(=O)(=O)N5CCOCC5)cc4)CC3)n2)cc1. The number of ether oxygens (including phenoxy) is 1. The van der Waals surface area contributed by atoms with Crippen LogP contribution in [0.5, 0.6) is 0 Å². The largest absolute Gasteiger partial charge is 0.379 e. The Labute approximate surface area is 235 Å². The molecule has 1 amide bonds. The number of benzene rings is 2. The van der Waals surface area contributed by atoms with Gasteiger partial charge >= 0.3 is 0 Å². The lowest BCUT2D eigenvalue weighted by Gasteiger charge is -2.30. The summed E-state index contributed by atoms with van der Waals surface area (Å²) in [6.45, 7) is 10.1. The normalized spacial score (nSPS) is 18.1. The van der Waals surface area contributed by atoms with Crippen molar-refractivity contribution in [3.63, 3.8) is 0 Å². The molecule has 0 radical (unpaired) electrons. The monoisotopic (exact) mass is 567 g/mol. The van der Waals surface area contributed by atoms with Crippen molar-refractivity contribution in [3.05, 3.63) is 60.0 Å². The molecule has 1 N–H and O–H groups in total. The minimum atomic E-state index is -3.56. The Bertz CT molecular complexity index is 1400. The van der Waals surface area contributed by atoms with Crippen LogP contribution in [0.1, 0.15) is 45.1 Å². The van der Waals surface area contributed by atoms with Crippen molar-refractivity contribution in [2.75, 3.05) is 44.7 Å². The van der Waals surface area contributed by atoms with Crippen molar-refractivity contribution in [2.45, 2.75) is 50.5 Å². The second-order valence-electron chi connectivity index (χ2n) is 11.4. The summed E-state index contributed by atoms with van der Waals surface area (Å²) in [5.41, 5.74) is 2.84. The zero-order valence-corrected chi connectivity index (χ0v) is 24.1. The van der Waals surface area contributed by atoms with Crippen molar-refractivity contribution in [2.24, 2.45) is 5.92 Å². The number of sulfonamides is 1. The van der Waals surface area contributed by atoms with Gasteiger partial charge in [-0.05, 0) is 61.2 Å². The van der Waals surface area contributed by atoms with Gasteiger partial charge < -0.3 is 14.6 Å². The Kier molecular flexibility index (Phi) is 8.37. The Morgan fingerprint density at radius 2 is 1.62 bits per heavy atom. The van der Waals surface area contributed by atoms with Crippen molar-refractivity contribution in [1.82, 2.24) is 19.3 Å². The molecule has 0 unspecified atom stereocenters. The summed E-state index contributed by atoms with van der Waals surface area (Å²) in [6, 6.07) is 14.6. The maximum Gasteiger partial charge on any atom is 0.243 e. The molecule has 0 spiro atoms. The molecule has 0 saturated carbocycles. The number of likely N-dealkylation sites (tertiary alicyclic amines) is 1. The standard InChI is InChI=1S/C29H37N5O5S/c1-29(2,3)23-6-4-21(5-7-23)27-31-26(39-32-27)20-33-14-12-22(13-15-33)28(35)30-24-8-10-25(11-9-24)40(36,37)34-16-18-38-19-17-34/h4-11,22H,12-20H2,1-3H3,(H,30,35). The predicted octanol–water partition coefficient (Wildman–Crippen LogP) is 3.91. The molecule has 2 aliphatic heterocycles. The number of anilines is 1. The fraction of sp³-hybridized carbons (Fsp3) is 0.483. The van der Waals surface area contributed by atoms with Crippen LogP contribution in [-0.2, 0) is 31.5 Å². The summed E-state index contributed by atoms with van der Waals surface area (Å²) in [7, 11) is -3.56. The maximum atomic E-state index is 12.9. The molecule has 0 bridgehead atoms. The first-order chi connectivity index (χ1) is 19.1. The van der Waals surface area contributed by atoms with Crippen molar-refractivity contribution in [1.29, 1.82) is 0 Å². The van der Waals surface area contributed by atoms with Gasteiger partial charge in [0.15, 0.2) is 0 Å². The number of morpholine rings is 1. The van der Waals surface area contributed by atoms with Crippen LogP contribution in [0.3, 0.4) is 0 Å². The highest BCUT2D eigenvalue weighted by Gasteiger charge is 2.28. The molecule has 2 aromatic carbocycles. The van der Waals surface area contributed by atoms with E-state index in [1.54, 1.807) is 24.3 Å². The van der Waals surface area contributed by atoms with Gasteiger partial charge in [-0.25, -0.2) is 8.42 Å². The Hall–Kier alpha value is -3.12. The summed E-state index contributed by atoms with van der Waals surface area (Å²) in [6.07, 6.45) is 1.43. The summed E-state index contributed by atoms with van der Waals surface area (Å²) in [5, 5.41) is 7.10. The molecule has 40 heavy (non-hydrogen) atoms. The average molecular weight is 568 g/mol. The van der Waals surface area contributed by atoms with Gasteiger partial charge in [0.05, 0.1) is 24.7 Å². The predicted molar refractivity (Wildman–Crippen MR) is 151 cm³/mol. The topological polar surface area (TPSA) is 118 Å². The van der Waals surface area contributed by atoms with Gasteiger partial charge in [0.2, 0.25) is 27.6 Å². The third-order valence-corrected chi connectivity index (χ3v) is 9.44. The van der Waals surface area contributed by atoms with Crippen LogP contribution >= 0.6 is 0 Å². The fourth-order valence-electron chi connectivity index (χ4n) is 4.99. The number of hydrogen-bond donors (Lipinski definition) is 1. The van der Waals surface area contributed by atoms with Crippen molar-refractivity contribution < 1.29 is 22.5 Å². The molecule has 3 aromatic rings. The van der Waals surface area contributed by atoms with E-state index in [9.17, 15) is 13.2 Å². The molecule has 1 aromatic heterocycles. The van der Waals surface area contributed by atoms with Crippen LogP contribution in [0.15, 0.2) is 57.9 Å². The molecular formula is C29H37N5O5S. The molecule has 3 heterocycles. The lowest BCUT2D eigenvalue weighted by Crippen LogP contribution is -2.40. The van der Waals surface area contributed by atoms with Crippen LogP contribution < -0.4 is 5.32 Å². The first-order valence-electron chi connectivity index (χ1n) is 13.7. The lowest BCUT2D eigenvalue weighted by molar-refractivity contribution is -0.121. The van der Waals surface area contributed by atoms with E-state index in [1.165, 1.54) is 9.87 Å². The number of rotatable bonds is 7. The number of carbonyl (C=O) groups is 1. The Morgan fingerprint density at radius 3 is 2.25 bits per heavy atom. The first-order valence-corrected chi connectivity index (χ1v) is 15.2. The number of nitrogens with zero attached hydrogens (tertiary/aromatic N) is 4. The third kappa shape index (κ3) is 6.60. The zero-order valence-electron chi connectivity index (χ0n) is 23.3. The minimum Gasteiger partial charge on any atom is -0.379 e. The van der Waals surface area contributed by atoms with Crippen LogP contribution in [-0.4, -0.2) is 73.1 Å². The van der Waals surface area contributed by atoms with E-state index in [2.05, 4.69) is 53.3 Å². The number of carbonyl (C=O) groups excluding carboxylic acids is 1. The highest BCUT2D eigenvalue weighted by atomic mass is 32.2. The summed E-state index contributed by atoms with van der Waals surface area (Å²) in [4.78, 5) is 19.9. The van der Waals surface area contributed by atoms with Crippen LogP contribution in [0.4, 0.5) is 5.69 Å². The van der Waals surface area contributed by atoms with Crippen LogP contribution in [0.2, 0.25) is 0 Å². The third-order valence-electron chi connectivity index (χ3n) is 7.52. The van der Waals surface area contributed by atoms with E-state index in [4.69, 9.17) is 9.26 Å². The number of piperidine rings is 1. The molecular weight excluding hydrogens is 530 g/mol. The highest BCUT2D eigenvalue weighted by Crippen LogP contribution is 2.26. The average Bonchev–Trinajstić information content (AvgIpc) is 3.42. The maximum absolute atomic E-state index is 12.9. The van der Waals surface area contributed by atoms with E-state index >= 15 is 0 Å². The second-order valence-corrected chi connectivity index (χ2v) is 13.4. The van der Waals surface area contributed by atoms with Gasteiger partial charge in [0, 0.05) is 30.3 Å². The van der Waals surface area contributed by atoms with E-state index in [0.717, 1.165) is 18.7 Å². The second kappa shape index (κ2) is 11.8. The molecule has 2 aliphatic rings. The van der Waals surface area contributed by atoms with Gasteiger partial charge in [-0.3, -0.25) is 9.69 Å². The van der Waals surface area contributed by atoms with E-state index in [-0.39, 0.29) is 22.1 Å². The molecule has 2 saturated heterocycles. The molecule has 0 aliphatic carbocycles. The minimum absolute atomic E-state index is 0.0535. The first kappa shape index (κ1) is 28.4. The van der Waals surface area contributed by atoms with Gasteiger partial charge in [-0.1, -0.05) is 50.2 Å². The Balaban J connectivity index is 1.10. The molecule has 10 nitrogen and oxygen atoms in total. The molecule has 5 rings (SSSR count). The van der Waals surface area contributed by atoms with Crippen LogP contribution in [0.25, 0.3) is 11.4 Å². The molecule has 0 atom stereocenters. The van der Waals surface area contributed by atoms with E-state index in [1.807, 2.05) is 12.1 Å². The summed E-state index contributed by atoms with van der Waals surface area (Å²) >= 11 is 0. The van der Waals surface area contributed by atoms with Gasteiger partial charge in [0.1, 0.15) is 0 Å². The number of nitrogens with one attached hydrogen (secondary N) is 1. The highest BCUT2D eigenvalue weighted by molar-refractivity contribution is 7.89. The van der Waals surface area contributed by atoms with Gasteiger partial charge in [-0.2, -0.15) is 9.29 Å². The lowest BCUT2D eigenvalue weighted by atomic mass is 9.87. The number of amides is 1. The smallest absolute Gasteiger partial charge is 0.243 e. The number of aromatic nitrogens is 2. The zero-order chi connectivity index (χ0) is 28.3. The van der Waals surface area contributed by atoms with Crippen LogP contribution in [0, 0.1) is 5.92 Å². The molecule has 11 heteroatoms. The Morgan fingerprint density at radius 1 is 0.975 bits per heavy atom. The number of hydrogen-bond acceptors (Lipinski definition) is 8.